The van der Waals surface area contributed by atoms with E-state index in [2.05, 4.69) is 28.9 Å². The van der Waals surface area contributed by atoms with Gasteiger partial charge in [-0.15, -0.1) is 0 Å². The number of hydrogen-bond acceptors (Lipinski definition) is 2. The molecule has 15 heavy (non-hydrogen) atoms. The third kappa shape index (κ3) is 1.92. The van der Waals surface area contributed by atoms with Crippen LogP contribution in [0.3, 0.4) is 0 Å². The van der Waals surface area contributed by atoms with Gasteiger partial charge in [-0.2, -0.15) is 0 Å². The van der Waals surface area contributed by atoms with Crippen LogP contribution in [-0.2, 0) is 6.42 Å². The molecule has 0 atom stereocenters. The van der Waals surface area contributed by atoms with Gasteiger partial charge in [-0.25, -0.2) is 0 Å². The molecule has 1 aromatic carbocycles. The Kier molecular flexibility index (Phi) is 2.82. The van der Waals surface area contributed by atoms with Gasteiger partial charge in [0.05, 0.1) is 10.7 Å². The highest BCUT2D eigenvalue weighted by Crippen LogP contribution is 2.31. The maximum Gasteiger partial charge on any atom is 0.148 e. The van der Waals surface area contributed by atoms with Crippen LogP contribution in [0, 0.1) is 0 Å². The van der Waals surface area contributed by atoms with Crippen molar-refractivity contribution in [3.05, 3.63) is 40.6 Å². The molecule has 0 saturated carbocycles. The maximum atomic E-state index is 5.85. The van der Waals surface area contributed by atoms with E-state index in [0.717, 1.165) is 33.5 Å². The average Bonchev–Trinajstić information content (AvgIpc) is 2.65. The lowest BCUT2D eigenvalue weighted by Gasteiger charge is -2.05. The van der Waals surface area contributed by atoms with Crippen LogP contribution in [-0.4, -0.2) is 0 Å². The van der Waals surface area contributed by atoms with Crippen LogP contribution in [0.15, 0.2) is 39.4 Å². The second kappa shape index (κ2) is 4.11. The predicted molar refractivity (Wildman–Crippen MR) is 65.6 cm³/mol. The van der Waals surface area contributed by atoms with Gasteiger partial charge in [-0.3, -0.25) is 0 Å². The van der Waals surface area contributed by atoms with E-state index in [9.17, 15) is 0 Å². The molecule has 0 unspecified atom stereocenters. The second-order valence-electron chi connectivity index (χ2n) is 3.36. The lowest BCUT2D eigenvalue weighted by atomic mass is 10.1. The fourth-order valence-corrected chi connectivity index (χ4v) is 1.98. The zero-order valence-corrected chi connectivity index (χ0v) is 10.0. The Balaban J connectivity index is 2.51. The summed E-state index contributed by atoms with van der Waals surface area (Å²) >= 11 is 3.44. The average molecular weight is 266 g/mol. The van der Waals surface area contributed by atoms with Gasteiger partial charge in [0.25, 0.3) is 0 Å². The fourth-order valence-electron chi connectivity index (χ4n) is 1.55. The van der Waals surface area contributed by atoms with Gasteiger partial charge in [0.15, 0.2) is 0 Å². The molecule has 2 aromatic rings. The molecule has 2 N–H and O–H groups in total. The molecule has 0 spiro atoms. The summed E-state index contributed by atoms with van der Waals surface area (Å²) in [6.45, 7) is 2.09. The quantitative estimate of drug-likeness (QED) is 0.838. The maximum absolute atomic E-state index is 5.85. The van der Waals surface area contributed by atoms with E-state index in [1.165, 1.54) is 0 Å². The first-order valence-electron chi connectivity index (χ1n) is 4.84. The van der Waals surface area contributed by atoms with Crippen LogP contribution in [0.25, 0.3) is 11.3 Å². The Morgan fingerprint density at radius 1 is 1.33 bits per heavy atom. The van der Waals surface area contributed by atoms with Crippen molar-refractivity contribution in [2.75, 3.05) is 5.73 Å². The van der Waals surface area contributed by atoms with Crippen LogP contribution in [0.5, 0.6) is 0 Å². The van der Waals surface area contributed by atoms with Gasteiger partial charge in [-0.1, -0.05) is 6.92 Å². The van der Waals surface area contributed by atoms with E-state index in [-0.39, 0.29) is 0 Å². The summed E-state index contributed by atoms with van der Waals surface area (Å²) in [6.07, 6.45) is 2.60. The van der Waals surface area contributed by atoms with Crippen molar-refractivity contribution >= 4 is 21.6 Å². The molecule has 0 bridgehead atoms. The van der Waals surface area contributed by atoms with Gasteiger partial charge >= 0.3 is 0 Å². The number of anilines is 1. The van der Waals surface area contributed by atoms with Gasteiger partial charge in [-0.05, 0) is 52.2 Å². The summed E-state index contributed by atoms with van der Waals surface area (Å²) in [5.74, 6) is 0.852. The molecule has 0 radical (unpaired) electrons. The normalized spacial score (nSPS) is 10.5. The van der Waals surface area contributed by atoms with E-state index in [4.69, 9.17) is 10.2 Å². The lowest BCUT2D eigenvalue weighted by Crippen LogP contribution is -1.92. The minimum atomic E-state index is 0.837. The predicted octanol–water partition coefficient (Wildman–Crippen LogP) is 3.85. The molecule has 78 valence electrons. The molecule has 3 heteroatoms. The molecular weight excluding hydrogens is 254 g/mol. The lowest BCUT2D eigenvalue weighted by molar-refractivity contribution is 0.581. The molecule has 1 heterocycles. The molecule has 0 aliphatic rings. The Hall–Kier alpha value is -1.22. The topological polar surface area (TPSA) is 39.2 Å². The van der Waals surface area contributed by atoms with Crippen molar-refractivity contribution in [2.24, 2.45) is 0 Å². The van der Waals surface area contributed by atoms with Crippen molar-refractivity contribution in [3.63, 3.8) is 0 Å². The van der Waals surface area contributed by atoms with E-state index >= 15 is 0 Å². The van der Waals surface area contributed by atoms with Crippen LogP contribution >= 0.6 is 15.9 Å². The highest BCUT2D eigenvalue weighted by atomic mass is 79.9. The largest absolute Gasteiger partial charge is 0.463 e. The molecule has 0 aliphatic carbocycles. The summed E-state index contributed by atoms with van der Waals surface area (Å²) in [6, 6.07) is 7.84. The molecule has 1 aromatic heterocycles. The third-order valence-electron chi connectivity index (χ3n) is 2.40. The standard InChI is InChI=1S/C12H12BrNO/c1-2-8-7-9(3-4-11(8)14)12-10(13)5-6-15-12/h3-7H,2,14H2,1H3. The number of nitrogens with two attached hydrogens (primary N) is 1. The van der Waals surface area contributed by atoms with E-state index < -0.39 is 0 Å². The van der Waals surface area contributed by atoms with Crippen molar-refractivity contribution in [1.29, 1.82) is 0 Å². The molecular formula is C12H12BrNO. The van der Waals surface area contributed by atoms with Gasteiger partial charge in [0.1, 0.15) is 5.76 Å². The summed E-state index contributed by atoms with van der Waals surface area (Å²) in [4.78, 5) is 0. The Labute approximate surface area is 97.2 Å². The van der Waals surface area contributed by atoms with Gasteiger partial charge in [0.2, 0.25) is 0 Å². The Morgan fingerprint density at radius 3 is 2.73 bits per heavy atom. The first kappa shape index (κ1) is 10.3. The second-order valence-corrected chi connectivity index (χ2v) is 4.22. The van der Waals surface area contributed by atoms with Gasteiger partial charge in [0, 0.05) is 11.3 Å². The summed E-state index contributed by atoms with van der Waals surface area (Å²) in [5, 5.41) is 0. The number of halogens is 1. The number of furan rings is 1. The summed E-state index contributed by atoms with van der Waals surface area (Å²) in [5.41, 5.74) is 8.89. The first-order chi connectivity index (χ1) is 7.22. The van der Waals surface area contributed by atoms with E-state index in [1.807, 2.05) is 18.2 Å². The number of rotatable bonds is 2. The van der Waals surface area contributed by atoms with E-state index in [1.54, 1.807) is 6.26 Å². The van der Waals surface area contributed by atoms with Crippen molar-refractivity contribution in [2.45, 2.75) is 13.3 Å². The number of hydrogen-bond donors (Lipinski definition) is 1. The smallest absolute Gasteiger partial charge is 0.148 e. The highest BCUT2D eigenvalue weighted by Gasteiger charge is 2.08. The SMILES string of the molecule is CCc1cc(-c2occc2Br)ccc1N. The fraction of sp³-hybridized carbons (Fsp3) is 0.167. The number of aryl methyl sites for hydroxylation is 1. The monoisotopic (exact) mass is 265 g/mol. The third-order valence-corrected chi connectivity index (χ3v) is 3.03. The van der Waals surface area contributed by atoms with Crippen LogP contribution in [0.4, 0.5) is 5.69 Å². The zero-order chi connectivity index (χ0) is 10.8. The Bertz CT molecular complexity index is 476. The van der Waals surface area contributed by atoms with Crippen molar-refractivity contribution in [1.82, 2.24) is 0 Å². The molecule has 2 rings (SSSR count). The molecule has 0 saturated heterocycles. The minimum absolute atomic E-state index is 0.837. The number of nitrogen functional groups attached to an aromatic ring is 1. The summed E-state index contributed by atoms with van der Waals surface area (Å²) < 4.78 is 6.37. The Morgan fingerprint density at radius 2 is 2.13 bits per heavy atom. The first-order valence-corrected chi connectivity index (χ1v) is 5.63. The highest BCUT2D eigenvalue weighted by molar-refractivity contribution is 9.10. The van der Waals surface area contributed by atoms with Crippen LogP contribution in [0.1, 0.15) is 12.5 Å². The van der Waals surface area contributed by atoms with Crippen molar-refractivity contribution in [3.8, 4) is 11.3 Å². The van der Waals surface area contributed by atoms with Crippen LogP contribution < -0.4 is 5.73 Å². The van der Waals surface area contributed by atoms with E-state index in [0.29, 0.717) is 0 Å². The number of benzene rings is 1. The molecule has 0 fully saturated rings. The molecule has 0 amide bonds. The van der Waals surface area contributed by atoms with Crippen LogP contribution in [0.2, 0.25) is 0 Å². The summed E-state index contributed by atoms with van der Waals surface area (Å²) in [7, 11) is 0. The zero-order valence-electron chi connectivity index (χ0n) is 8.46. The minimum Gasteiger partial charge on any atom is -0.463 e. The molecule has 2 nitrogen and oxygen atoms in total. The molecule has 0 aliphatic heterocycles. The van der Waals surface area contributed by atoms with Crippen molar-refractivity contribution < 1.29 is 4.42 Å². The van der Waals surface area contributed by atoms with Gasteiger partial charge < -0.3 is 10.2 Å².